The average Bonchev–Trinajstić information content (AvgIpc) is 2.43. The minimum atomic E-state index is -0.924. The molecule has 114 valence electrons. The van der Waals surface area contributed by atoms with Crippen molar-refractivity contribution in [3.05, 3.63) is 63.7 Å². The highest BCUT2D eigenvalue weighted by atomic mass is 35.5. The molecule has 6 heteroatoms. The fourth-order valence-corrected chi connectivity index (χ4v) is 1.58. The molecule has 0 saturated heterocycles. The van der Waals surface area contributed by atoms with Crippen LogP contribution in [-0.2, 0) is 0 Å². The highest BCUT2D eigenvalue weighted by molar-refractivity contribution is 6.30. The van der Waals surface area contributed by atoms with Gasteiger partial charge >= 0.3 is 0 Å². The van der Waals surface area contributed by atoms with Gasteiger partial charge in [0.2, 0.25) is 5.82 Å². The molecule has 0 aliphatic rings. The molecule has 2 rings (SSSR count). The van der Waals surface area contributed by atoms with Crippen LogP contribution in [0.2, 0.25) is 5.02 Å². The molecule has 0 atom stereocenters. The fourth-order valence-electron chi connectivity index (χ4n) is 1.47. The zero-order valence-electron chi connectivity index (χ0n) is 11.6. The Kier molecular flexibility index (Phi) is 6.03. The molecular formula is C15H13ClF4O. The molecular weight excluding hydrogens is 308 g/mol. The molecule has 0 aromatic heterocycles. The monoisotopic (exact) mass is 320 g/mol. The number of benzene rings is 2. The second-order valence-corrected chi connectivity index (χ2v) is 4.63. The van der Waals surface area contributed by atoms with Gasteiger partial charge in [-0.1, -0.05) is 17.7 Å². The van der Waals surface area contributed by atoms with Crippen LogP contribution in [0.15, 0.2) is 24.3 Å². The third kappa shape index (κ3) is 4.36. The van der Waals surface area contributed by atoms with Gasteiger partial charge in [-0.2, -0.15) is 4.39 Å². The summed E-state index contributed by atoms with van der Waals surface area (Å²) >= 11 is 5.20. The first-order valence-corrected chi connectivity index (χ1v) is 6.25. The van der Waals surface area contributed by atoms with Gasteiger partial charge in [0.25, 0.3) is 0 Å². The summed E-state index contributed by atoms with van der Waals surface area (Å²) in [6, 6.07) is 5.24. The van der Waals surface area contributed by atoms with Gasteiger partial charge in [0.05, 0.1) is 7.11 Å². The second-order valence-electron chi connectivity index (χ2n) is 4.26. The minimum Gasteiger partial charge on any atom is -0.494 e. The summed E-state index contributed by atoms with van der Waals surface area (Å²) in [6.07, 6.45) is 0. The molecule has 0 bridgehead atoms. The van der Waals surface area contributed by atoms with Crippen molar-refractivity contribution < 1.29 is 22.3 Å². The molecule has 0 radical (unpaired) electrons. The van der Waals surface area contributed by atoms with Gasteiger partial charge in [-0.3, -0.25) is 0 Å². The van der Waals surface area contributed by atoms with Crippen molar-refractivity contribution in [1.29, 1.82) is 0 Å². The van der Waals surface area contributed by atoms with Gasteiger partial charge in [0, 0.05) is 0 Å². The average molecular weight is 321 g/mol. The van der Waals surface area contributed by atoms with Crippen molar-refractivity contribution in [1.82, 2.24) is 0 Å². The maximum Gasteiger partial charge on any atom is 0.200 e. The highest BCUT2D eigenvalue weighted by Crippen LogP contribution is 2.21. The lowest BCUT2D eigenvalue weighted by atomic mass is 10.2. The summed E-state index contributed by atoms with van der Waals surface area (Å²) in [5, 5.41) is -0.439. The molecule has 0 unspecified atom stereocenters. The Morgan fingerprint density at radius 1 is 0.905 bits per heavy atom. The first-order chi connectivity index (χ1) is 9.77. The largest absolute Gasteiger partial charge is 0.494 e. The predicted octanol–water partition coefficient (Wildman–Crippen LogP) is 5.21. The van der Waals surface area contributed by atoms with Gasteiger partial charge in [0.1, 0.15) is 16.7 Å². The topological polar surface area (TPSA) is 9.23 Å². The van der Waals surface area contributed by atoms with E-state index in [0.717, 1.165) is 0 Å². The minimum absolute atomic E-state index is 0.0619. The molecule has 1 nitrogen and oxygen atoms in total. The first-order valence-electron chi connectivity index (χ1n) is 5.87. The van der Waals surface area contributed by atoms with Crippen molar-refractivity contribution in [2.45, 2.75) is 13.8 Å². The zero-order chi connectivity index (χ0) is 16.2. The van der Waals surface area contributed by atoms with Gasteiger partial charge in [-0.05, 0) is 43.2 Å². The third-order valence-electron chi connectivity index (χ3n) is 2.59. The van der Waals surface area contributed by atoms with Crippen molar-refractivity contribution in [3.8, 4) is 5.75 Å². The SMILES string of the molecule is COc1ccc(C)c(F)c1F.Cc1cc(F)c(Cl)c(F)c1. The second kappa shape index (κ2) is 7.31. The summed E-state index contributed by atoms with van der Waals surface area (Å²) in [7, 11) is 1.30. The molecule has 21 heavy (non-hydrogen) atoms. The quantitative estimate of drug-likeness (QED) is 0.518. The standard InChI is InChI=1S/C8H8F2O.C7H5ClF2/c1-5-3-4-6(11-2)8(10)7(5)9;1-4-2-5(9)7(8)6(10)3-4/h3-4H,1-2H3;2-3H,1H3. The molecule has 2 aromatic rings. The molecule has 0 aliphatic heterocycles. The van der Waals surface area contributed by atoms with E-state index in [2.05, 4.69) is 4.74 Å². The molecule has 0 heterocycles. The number of rotatable bonds is 1. The Bertz CT molecular complexity index is 621. The van der Waals surface area contributed by atoms with Crippen LogP contribution in [0.5, 0.6) is 5.75 Å². The van der Waals surface area contributed by atoms with Gasteiger partial charge in [-0.15, -0.1) is 0 Å². The van der Waals surface area contributed by atoms with Crippen LogP contribution in [0.1, 0.15) is 11.1 Å². The van der Waals surface area contributed by atoms with Crippen LogP contribution in [-0.4, -0.2) is 7.11 Å². The Morgan fingerprint density at radius 3 is 1.90 bits per heavy atom. The Labute approximate surface area is 125 Å². The molecule has 2 aromatic carbocycles. The van der Waals surface area contributed by atoms with E-state index in [1.54, 1.807) is 6.92 Å². The Hall–Kier alpha value is -1.75. The van der Waals surface area contributed by atoms with Crippen LogP contribution in [0.4, 0.5) is 17.6 Å². The van der Waals surface area contributed by atoms with Crippen LogP contribution in [0.25, 0.3) is 0 Å². The van der Waals surface area contributed by atoms with Gasteiger partial charge < -0.3 is 4.74 Å². The normalized spacial score (nSPS) is 9.90. The molecule has 0 spiro atoms. The summed E-state index contributed by atoms with van der Waals surface area (Å²) in [5.74, 6) is -3.25. The van der Waals surface area contributed by atoms with E-state index in [9.17, 15) is 17.6 Å². The van der Waals surface area contributed by atoms with Crippen molar-refractivity contribution >= 4 is 11.6 Å². The van der Waals surface area contributed by atoms with Crippen molar-refractivity contribution in [2.75, 3.05) is 7.11 Å². The lowest BCUT2D eigenvalue weighted by Gasteiger charge is -2.03. The molecule has 0 N–H and O–H groups in total. The summed E-state index contributed by atoms with van der Waals surface area (Å²) in [6.45, 7) is 3.10. The van der Waals surface area contributed by atoms with E-state index in [1.807, 2.05) is 0 Å². The Morgan fingerprint density at radius 2 is 1.43 bits per heavy atom. The molecule has 0 fully saturated rings. The third-order valence-corrected chi connectivity index (χ3v) is 2.95. The fraction of sp³-hybridized carbons (Fsp3) is 0.200. The highest BCUT2D eigenvalue weighted by Gasteiger charge is 2.10. The zero-order valence-corrected chi connectivity index (χ0v) is 12.4. The molecule has 0 aliphatic carbocycles. The number of methoxy groups -OCH3 is 1. The number of hydrogen-bond acceptors (Lipinski definition) is 1. The maximum atomic E-state index is 12.8. The van der Waals surface area contributed by atoms with Crippen LogP contribution < -0.4 is 4.74 Å². The predicted molar refractivity (Wildman–Crippen MR) is 73.8 cm³/mol. The van der Waals surface area contributed by atoms with Crippen LogP contribution in [0, 0.1) is 37.1 Å². The molecule has 0 saturated carbocycles. The van der Waals surface area contributed by atoms with E-state index in [1.165, 1.54) is 38.3 Å². The summed E-state index contributed by atoms with van der Waals surface area (Å²) in [5.41, 5.74) is 0.808. The van der Waals surface area contributed by atoms with E-state index < -0.39 is 28.3 Å². The first kappa shape index (κ1) is 17.3. The van der Waals surface area contributed by atoms with Gasteiger partial charge in [-0.25, -0.2) is 13.2 Å². The molecule has 0 amide bonds. The summed E-state index contributed by atoms with van der Waals surface area (Å²) in [4.78, 5) is 0. The Balaban J connectivity index is 0.000000211. The van der Waals surface area contributed by atoms with E-state index in [-0.39, 0.29) is 11.3 Å². The van der Waals surface area contributed by atoms with E-state index in [4.69, 9.17) is 11.6 Å². The summed E-state index contributed by atoms with van der Waals surface area (Å²) < 4.78 is 55.0. The number of ether oxygens (including phenoxy) is 1. The van der Waals surface area contributed by atoms with Gasteiger partial charge in [0.15, 0.2) is 11.6 Å². The smallest absolute Gasteiger partial charge is 0.200 e. The number of halogens is 5. The maximum absolute atomic E-state index is 12.8. The number of hydrogen-bond donors (Lipinski definition) is 0. The van der Waals surface area contributed by atoms with E-state index in [0.29, 0.717) is 5.56 Å². The van der Waals surface area contributed by atoms with Crippen molar-refractivity contribution in [2.24, 2.45) is 0 Å². The van der Waals surface area contributed by atoms with E-state index >= 15 is 0 Å². The van der Waals surface area contributed by atoms with Crippen LogP contribution >= 0.6 is 11.6 Å². The lowest BCUT2D eigenvalue weighted by Crippen LogP contribution is -1.93. The van der Waals surface area contributed by atoms with Crippen LogP contribution in [0.3, 0.4) is 0 Å². The van der Waals surface area contributed by atoms with Crippen molar-refractivity contribution in [3.63, 3.8) is 0 Å². The lowest BCUT2D eigenvalue weighted by molar-refractivity contribution is 0.371. The number of aryl methyl sites for hydroxylation is 2.